The topological polar surface area (TPSA) is 23.5 Å². The van der Waals surface area contributed by atoms with Crippen LogP contribution < -0.4 is 0 Å². The second-order valence-corrected chi connectivity index (χ2v) is 4.82. The molecule has 1 N–H and O–H groups in total. The van der Waals surface area contributed by atoms with Crippen LogP contribution in [0.5, 0.6) is 0 Å². The third-order valence-electron chi connectivity index (χ3n) is 3.29. The lowest BCUT2D eigenvalue weighted by Gasteiger charge is -2.33. The van der Waals surface area contributed by atoms with Crippen molar-refractivity contribution in [3.05, 3.63) is 0 Å². The summed E-state index contributed by atoms with van der Waals surface area (Å²) in [7, 11) is 0. The second-order valence-electron chi connectivity index (χ2n) is 4.82. The molecule has 0 aromatic heterocycles. The predicted molar refractivity (Wildman–Crippen MR) is 60.3 cm³/mol. The first-order chi connectivity index (χ1) is 6.76. The lowest BCUT2D eigenvalue weighted by Crippen LogP contribution is -2.37. The summed E-state index contributed by atoms with van der Waals surface area (Å²) in [5.74, 6) is 1.42. The largest absolute Gasteiger partial charge is 0.396 e. The molecule has 0 aromatic carbocycles. The van der Waals surface area contributed by atoms with Crippen LogP contribution in [-0.2, 0) is 0 Å². The molecule has 1 aliphatic heterocycles. The standard InChI is InChI=1S/C12H25NO/c1-3-4-12-5-7-13(8-6-12)9-11(2)10-14/h11-12,14H,3-10H2,1-2H3. The lowest BCUT2D eigenvalue weighted by atomic mass is 9.92. The van der Waals surface area contributed by atoms with Crippen LogP contribution in [-0.4, -0.2) is 36.2 Å². The van der Waals surface area contributed by atoms with Crippen molar-refractivity contribution in [2.24, 2.45) is 11.8 Å². The van der Waals surface area contributed by atoms with Crippen molar-refractivity contribution in [1.82, 2.24) is 4.90 Å². The van der Waals surface area contributed by atoms with Gasteiger partial charge in [0.2, 0.25) is 0 Å². The van der Waals surface area contributed by atoms with Crippen LogP contribution in [0, 0.1) is 11.8 Å². The fourth-order valence-electron chi connectivity index (χ4n) is 2.36. The number of hydrogen-bond donors (Lipinski definition) is 1. The van der Waals surface area contributed by atoms with Crippen molar-refractivity contribution in [3.63, 3.8) is 0 Å². The van der Waals surface area contributed by atoms with E-state index in [0.717, 1.165) is 12.5 Å². The first-order valence-corrected chi connectivity index (χ1v) is 6.09. The average Bonchev–Trinajstić information content (AvgIpc) is 2.21. The Morgan fingerprint density at radius 1 is 1.36 bits per heavy atom. The summed E-state index contributed by atoms with van der Waals surface area (Å²) in [4.78, 5) is 2.51. The van der Waals surface area contributed by atoms with Gasteiger partial charge in [-0.2, -0.15) is 0 Å². The Balaban J connectivity index is 2.15. The molecule has 1 unspecified atom stereocenters. The van der Waals surface area contributed by atoms with E-state index in [9.17, 15) is 0 Å². The highest BCUT2D eigenvalue weighted by Crippen LogP contribution is 2.21. The normalized spacial score (nSPS) is 22.5. The van der Waals surface area contributed by atoms with Gasteiger partial charge in [0, 0.05) is 13.2 Å². The summed E-state index contributed by atoms with van der Waals surface area (Å²) >= 11 is 0. The van der Waals surface area contributed by atoms with Crippen LogP contribution in [0.1, 0.15) is 39.5 Å². The number of nitrogens with zero attached hydrogens (tertiary/aromatic N) is 1. The van der Waals surface area contributed by atoms with E-state index in [1.165, 1.54) is 38.8 Å². The van der Waals surface area contributed by atoms with E-state index in [-0.39, 0.29) is 0 Å². The fraction of sp³-hybridized carbons (Fsp3) is 1.00. The molecule has 0 bridgehead atoms. The molecule has 1 aliphatic rings. The molecule has 0 spiro atoms. The zero-order valence-electron chi connectivity index (χ0n) is 9.71. The fourth-order valence-corrected chi connectivity index (χ4v) is 2.36. The van der Waals surface area contributed by atoms with Gasteiger partial charge in [-0.25, -0.2) is 0 Å². The molecule has 0 radical (unpaired) electrons. The molecule has 0 aromatic rings. The van der Waals surface area contributed by atoms with Crippen molar-refractivity contribution in [2.45, 2.75) is 39.5 Å². The number of aliphatic hydroxyl groups is 1. The minimum atomic E-state index is 0.328. The van der Waals surface area contributed by atoms with Gasteiger partial charge in [-0.3, -0.25) is 0 Å². The smallest absolute Gasteiger partial charge is 0.0468 e. The van der Waals surface area contributed by atoms with E-state index in [4.69, 9.17) is 5.11 Å². The summed E-state index contributed by atoms with van der Waals surface area (Å²) in [6, 6.07) is 0. The monoisotopic (exact) mass is 199 g/mol. The third kappa shape index (κ3) is 3.97. The van der Waals surface area contributed by atoms with Crippen molar-refractivity contribution in [3.8, 4) is 0 Å². The van der Waals surface area contributed by atoms with Crippen molar-refractivity contribution in [1.29, 1.82) is 0 Å². The molecule has 84 valence electrons. The van der Waals surface area contributed by atoms with Crippen LogP contribution in [0.4, 0.5) is 0 Å². The molecule has 0 aliphatic carbocycles. The van der Waals surface area contributed by atoms with Crippen LogP contribution in [0.25, 0.3) is 0 Å². The Labute approximate surface area is 88.3 Å². The molecule has 2 nitrogen and oxygen atoms in total. The van der Waals surface area contributed by atoms with E-state index in [2.05, 4.69) is 18.7 Å². The number of aliphatic hydroxyl groups excluding tert-OH is 1. The number of hydrogen-bond acceptors (Lipinski definition) is 2. The quantitative estimate of drug-likeness (QED) is 0.733. The van der Waals surface area contributed by atoms with E-state index < -0.39 is 0 Å². The minimum absolute atomic E-state index is 0.328. The zero-order chi connectivity index (χ0) is 10.4. The van der Waals surface area contributed by atoms with E-state index in [0.29, 0.717) is 12.5 Å². The van der Waals surface area contributed by atoms with Crippen molar-refractivity contribution >= 4 is 0 Å². The van der Waals surface area contributed by atoms with E-state index in [1.807, 2.05) is 0 Å². The van der Waals surface area contributed by atoms with Gasteiger partial charge in [0.1, 0.15) is 0 Å². The number of piperidine rings is 1. The number of likely N-dealkylation sites (tertiary alicyclic amines) is 1. The highest BCUT2D eigenvalue weighted by atomic mass is 16.3. The summed E-state index contributed by atoms with van der Waals surface area (Å²) < 4.78 is 0. The highest BCUT2D eigenvalue weighted by Gasteiger charge is 2.19. The van der Waals surface area contributed by atoms with Gasteiger partial charge in [0.05, 0.1) is 0 Å². The SMILES string of the molecule is CCCC1CCN(CC(C)CO)CC1. The first-order valence-electron chi connectivity index (χ1n) is 6.09. The maximum absolute atomic E-state index is 8.97. The summed E-state index contributed by atoms with van der Waals surface area (Å²) in [5.41, 5.74) is 0. The van der Waals surface area contributed by atoms with Crippen LogP contribution in [0.2, 0.25) is 0 Å². The summed E-state index contributed by atoms with van der Waals surface area (Å²) in [5, 5.41) is 8.97. The van der Waals surface area contributed by atoms with Gasteiger partial charge < -0.3 is 10.0 Å². The highest BCUT2D eigenvalue weighted by molar-refractivity contribution is 4.73. The molecule has 1 saturated heterocycles. The van der Waals surface area contributed by atoms with Crippen molar-refractivity contribution < 1.29 is 5.11 Å². The molecule has 1 rings (SSSR count). The Bertz CT molecular complexity index is 141. The Morgan fingerprint density at radius 3 is 2.50 bits per heavy atom. The van der Waals surface area contributed by atoms with Gasteiger partial charge in [0.25, 0.3) is 0 Å². The molecule has 1 fully saturated rings. The molecular formula is C12H25NO. The van der Waals surface area contributed by atoms with Gasteiger partial charge in [0.15, 0.2) is 0 Å². The van der Waals surface area contributed by atoms with Crippen LogP contribution in [0.3, 0.4) is 0 Å². The third-order valence-corrected chi connectivity index (χ3v) is 3.29. The lowest BCUT2D eigenvalue weighted by molar-refractivity contribution is 0.132. The van der Waals surface area contributed by atoms with Crippen LogP contribution >= 0.6 is 0 Å². The Hall–Kier alpha value is -0.0800. The van der Waals surface area contributed by atoms with Crippen molar-refractivity contribution in [2.75, 3.05) is 26.2 Å². The maximum atomic E-state index is 8.97. The van der Waals surface area contributed by atoms with Gasteiger partial charge in [-0.15, -0.1) is 0 Å². The van der Waals surface area contributed by atoms with Gasteiger partial charge >= 0.3 is 0 Å². The van der Waals surface area contributed by atoms with E-state index in [1.54, 1.807) is 0 Å². The maximum Gasteiger partial charge on any atom is 0.0468 e. The summed E-state index contributed by atoms with van der Waals surface area (Å²) in [6.07, 6.45) is 5.47. The van der Waals surface area contributed by atoms with Crippen LogP contribution in [0.15, 0.2) is 0 Å². The Morgan fingerprint density at radius 2 is 2.00 bits per heavy atom. The van der Waals surface area contributed by atoms with Gasteiger partial charge in [-0.05, 0) is 37.8 Å². The molecule has 2 heteroatoms. The number of rotatable bonds is 5. The second kappa shape index (κ2) is 6.41. The molecule has 1 heterocycles. The van der Waals surface area contributed by atoms with Gasteiger partial charge in [-0.1, -0.05) is 26.7 Å². The zero-order valence-corrected chi connectivity index (χ0v) is 9.71. The predicted octanol–water partition coefficient (Wildman–Crippen LogP) is 2.13. The minimum Gasteiger partial charge on any atom is -0.396 e. The molecule has 1 atom stereocenters. The summed E-state index contributed by atoms with van der Waals surface area (Å²) in [6.45, 7) is 8.30. The first kappa shape index (κ1) is 12.0. The average molecular weight is 199 g/mol. The molecule has 0 saturated carbocycles. The molecule has 0 amide bonds. The molecular weight excluding hydrogens is 174 g/mol. The molecule has 14 heavy (non-hydrogen) atoms. The Kier molecular flexibility index (Phi) is 5.49. The van der Waals surface area contributed by atoms with E-state index >= 15 is 0 Å².